The molecule has 0 saturated carbocycles. The van der Waals surface area contributed by atoms with Crippen LogP contribution in [0.3, 0.4) is 0 Å². The van der Waals surface area contributed by atoms with E-state index in [0.29, 0.717) is 5.88 Å². The molecule has 0 nitrogen and oxygen atoms in total. The highest BCUT2D eigenvalue weighted by Crippen LogP contribution is 2.27. The highest BCUT2D eigenvalue weighted by molar-refractivity contribution is 14.1. The van der Waals surface area contributed by atoms with Gasteiger partial charge in [0, 0.05) is 13.9 Å². The fourth-order valence-electron chi connectivity index (χ4n) is 0.789. The fraction of sp³-hybridized carbons (Fsp3) is 0.250. The predicted molar refractivity (Wildman–Crippen MR) is 61.2 cm³/mol. The molecule has 0 aromatic heterocycles. The first-order valence-electron chi connectivity index (χ1n) is 3.16. The van der Waals surface area contributed by atoms with Crippen LogP contribution in [0.4, 0.5) is 0 Å². The lowest BCUT2D eigenvalue weighted by atomic mass is 10.2. The van der Waals surface area contributed by atoms with Crippen LogP contribution in [-0.4, -0.2) is 0 Å². The van der Waals surface area contributed by atoms with Crippen molar-refractivity contribution in [3.05, 3.63) is 31.3 Å². The molecular formula is C8H7BrClI. The summed E-state index contributed by atoms with van der Waals surface area (Å²) in [7, 11) is 0. The molecule has 0 unspecified atom stereocenters. The largest absolute Gasteiger partial charge is 0.122 e. The van der Waals surface area contributed by atoms with Gasteiger partial charge in [-0.15, -0.1) is 11.6 Å². The average molecular weight is 345 g/mol. The van der Waals surface area contributed by atoms with E-state index in [1.165, 1.54) is 9.13 Å². The fourth-order valence-corrected chi connectivity index (χ4v) is 2.28. The number of rotatable bonds is 1. The van der Waals surface area contributed by atoms with Gasteiger partial charge in [-0.25, -0.2) is 0 Å². The Bertz CT molecular complexity index is 273. The van der Waals surface area contributed by atoms with Gasteiger partial charge in [0.1, 0.15) is 0 Å². The molecule has 0 fully saturated rings. The molecule has 1 aromatic carbocycles. The Hall–Kier alpha value is 0.720. The SMILES string of the molecule is Cc1ccc(CCl)c(Br)c1I. The van der Waals surface area contributed by atoms with E-state index in [4.69, 9.17) is 11.6 Å². The van der Waals surface area contributed by atoms with Gasteiger partial charge < -0.3 is 0 Å². The quantitative estimate of drug-likeness (QED) is 0.531. The van der Waals surface area contributed by atoms with Crippen molar-refractivity contribution in [1.29, 1.82) is 0 Å². The third kappa shape index (κ3) is 2.10. The van der Waals surface area contributed by atoms with E-state index in [1.54, 1.807) is 0 Å². The second-order valence-corrected chi connectivity index (χ2v) is 4.44. The molecule has 0 bridgehead atoms. The van der Waals surface area contributed by atoms with E-state index in [-0.39, 0.29) is 0 Å². The number of halogens is 3. The van der Waals surface area contributed by atoms with Gasteiger partial charge >= 0.3 is 0 Å². The predicted octanol–water partition coefficient (Wildman–Crippen LogP) is 4.10. The minimum absolute atomic E-state index is 0.566. The molecular weight excluding hydrogens is 338 g/mol. The summed E-state index contributed by atoms with van der Waals surface area (Å²) < 4.78 is 2.38. The van der Waals surface area contributed by atoms with E-state index in [1.807, 2.05) is 0 Å². The number of hydrogen-bond donors (Lipinski definition) is 0. The van der Waals surface area contributed by atoms with Gasteiger partial charge in [-0.3, -0.25) is 0 Å². The standard InChI is InChI=1S/C8H7BrClI/c1-5-2-3-6(4-10)7(9)8(5)11/h2-3H,4H2,1H3. The molecule has 0 N–H and O–H groups in total. The molecule has 0 aliphatic heterocycles. The van der Waals surface area contributed by atoms with Crippen molar-refractivity contribution in [1.82, 2.24) is 0 Å². The molecule has 0 atom stereocenters. The van der Waals surface area contributed by atoms with Crippen molar-refractivity contribution in [2.24, 2.45) is 0 Å². The molecule has 3 heteroatoms. The average Bonchev–Trinajstić information content (AvgIpc) is 2.01. The van der Waals surface area contributed by atoms with Crippen molar-refractivity contribution in [2.45, 2.75) is 12.8 Å². The maximum absolute atomic E-state index is 5.72. The second-order valence-electron chi connectivity index (χ2n) is 2.30. The number of hydrogen-bond acceptors (Lipinski definition) is 0. The molecule has 0 amide bonds. The molecule has 0 aliphatic rings. The minimum Gasteiger partial charge on any atom is -0.122 e. The summed E-state index contributed by atoms with van der Waals surface area (Å²) in [4.78, 5) is 0. The highest BCUT2D eigenvalue weighted by Gasteiger charge is 2.04. The Balaban J connectivity index is 3.25. The number of alkyl halides is 1. The van der Waals surface area contributed by atoms with Gasteiger partial charge in [-0.1, -0.05) is 12.1 Å². The van der Waals surface area contributed by atoms with Crippen LogP contribution in [0.1, 0.15) is 11.1 Å². The Morgan fingerprint density at radius 3 is 2.73 bits per heavy atom. The van der Waals surface area contributed by atoms with E-state index in [0.717, 1.165) is 10.0 Å². The maximum atomic E-state index is 5.72. The van der Waals surface area contributed by atoms with Crippen LogP contribution in [-0.2, 0) is 5.88 Å². The van der Waals surface area contributed by atoms with Gasteiger partial charge in [0.05, 0.1) is 0 Å². The first-order chi connectivity index (χ1) is 5.16. The molecule has 0 aliphatic carbocycles. The van der Waals surface area contributed by atoms with E-state index in [2.05, 4.69) is 57.6 Å². The van der Waals surface area contributed by atoms with Crippen LogP contribution in [0.2, 0.25) is 0 Å². The first-order valence-corrected chi connectivity index (χ1v) is 5.57. The van der Waals surface area contributed by atoms with Gasteiger partial charge in [0.2, 0.25) is 0 Å². The lowest BCUT2D eigenvalue weighted by Crippen LogP contribution is -1.87. The molecule has 11 heavy (non-hydrogen) atoms. The third-order valence-corrected chi connectivity index (χ3v) is 4.82. The van der Waals surface area contributed by atoms with Gasteiger partial charge in [-0.05, 0) is 56.6 Å². The Kier molecular flexibility index (Phi) is 3.65. The summed E-state index contributed by atoms with van der Waals surface area (Å²) in [5, 5.41) is 0. The van der Waals surface area contributed by atoms with Gasteiger partial charge in [0.25, 0.3) is 0 Å². The highest BCUT2D eigenvalue weighted by atomic mass is 127. The number of benzene rings is 1. The number of aryl methyl sites for hydroxylation is 1. The van der Waals surface area contributed by atoms with Crippen LogP contribution in [0.25, 0.3) is 0 Å². The van der Waals surface area contributed by atoms with Crippen molar-refractivity contribution < 1.29 is 0 Å². The van der Waals surface area contributed by atoms with E-state index in [9.17, 15) is 0 Å². The summed E-state index contributed by atoms with van der Waals surface area (Å²) in [5.74, 6) is 0.566. The summed E-state index contributed by atoms with van der Waals surface area (Å²) in [6.07, 6.45) is 0. The van der Waals surface area contributed by atoms with Crippen molar-refractivity contribution in [3.63, 3.8) is 0 Å². The third-order valence-electron chi connectivity index (χ3n) is 1.50. The summed E-state index contributed by atoms with van der Waals surface area (Å²) in [6.45, 7) is 2.09. The molecule has 0 heterocycles. The van der Waals surface area contributed by atoms with Gasteiger partial charge in [-0.2, -0.15) is 0 Å². The molecule has 1 aromatic rings. The smallest absolute Gasteiger partial charge is 0.0485 e. The van der Waals surface area contributed by atoms with E-state index >= 15 is 0 Å². The topological polar surface area (TPSA) is 0 Å². The van der Waals surface area contributed by atoms with Crippen LogP contribution in [0.5, 0.6) is 0 Å². The van der Waals surface area contributed by atoms with Crippen molar-refractivity contribution >= 4 is 50.1 Å². The molecule has 1 rings (SSSR count). The normalized spacial score (nSPS) is 10.2. The lowest BCUT2D eigenvalue weighted by molar-refractivity contribution is 1.30. The van der Waals surface area contributed by atoms with Crippen molar-refractivity contribution in [3.8, 4) is 0 Å². The lowest BCUT2D eigenvalue weighted by Gasteiger charge is -2.04. The van der Waals surface area contributed by atoms with Gasteiger partial charge in [0.15, 0.2) is 0 Å². The van der Waals surface area contributed by atoms with Crippen LogP contribution in [0, 0.1) is 10.5 Å². The zero-order chi connectivity index (χ0) is 8.43. The molecule has 0 saturated heterocycles. The van der Waals surface area contributed by atoms with Crippen LogP contribution in [0.15, 0.2) is 16.6 Å². The molecule has 0 radical (unpaired) electrons. The zero-order valence-electron chi connectivity index (χ0n) is 6.00. The Morgan fingerprint density at radius 1 is 1.55 bits per heavy atom. The molecule has 60 valence electrons. The summed E-state index contributed by atoms with van der Waals surface area (Å²) >= 11 is 11.5. The Labute approximate surface area is 93.6 Å². The summed E-state index contributed by atoms with van der Waals surface area (Å²) in [5.41, 5.74) is 2.44. The van der Waals surface area contributed by atoms with Crippen LogP contribution < -0.4 is 0 Å². The monoisotopic (exact) mass is 344 g/mol. The first kappa shape index (κ1) is 9.81. The summed E-state index contributed by atoms with van der Waals surface area (Å²) in [6, 6.07) is 4.14. The maximum Gasteiger partial charge on any atom is 0.0485 e. The Morgan fingerprint density at radius 2 is 2.18 bits per heavy atom. The zero-order valence-corrected chi connectivity index (χ0v) is 10.5. The minimum atomic E-state index is 0.566. The molecule has 0 spiro atoms. The van der Waals surface area contributed by atoms with Crippen molar-refractivity contribution in [2.75, 3.05) is 0 Å². The van der Waals surface area contributed by atoms with E-state index < -0.39 is 0 Å². The second kappa shape index (κ2) is 4.10. The van der Waals surface area contributed by atoms with Crippen LogP contribution >= 0.6 is 50.1 Å².